The maximum absolute atomic E-state index is 11.5. The number of ether oxygens (including phenoxy) is 2. The van der Waals surface area contributed by atoms with Crippen molar-refractivity contribution in [2.75, 3.05) is 6.61 Å². The van der Waals surface area contributed by atoms with E-state index in [9.17, 15) is 9.90 Å². The van der Waals surface area contributed by atoms with Gasteiger partial charge in [-0.2, -0.15) is 0 Å². The molecule has 1 aliphatic heterocycles. The molecule has 2 atom stereocenters. The highest BCUT2D eigenvalue weighted by atomic mass is 32.2. The first kappa shape index (κ1) is 24.7. The van der Waals surface area contributed by atoms with E-state index >= 15 is 0 Å². The summed E-state index contributed by atoms with van der Waals surface area (Å²) >= 11 is 1.48. The number of benzene rings is 2. The number of carbonyl (C=O) groups excluding carboxylic acids is 1. The molecule has 0 saturated carbocycles. The molecule has 0 radical (unpaired) electrons. The maximum Gasteiger partial charge on any atom is 0.231 e. The minimum Gasteiger partial charge on any atom is -0.486 e. The minimum absolute atomic E-state index is 0.00704. The first-order valence-corrected chi connectivity index (χ1v) is 13.3. The van der Waals surface area contributed by atoms with Crippen molar-refractivity contribution < 1.29 is 19.4 Å². The van der Waals surface area contributed by atoms with Gasteiger partial charge in [0.15, 0.2) is 0 Å². The van der Waals surface area contributed by atoms with Gasteiger partial charge in [0.2, 0.25) is 11.8 Å². The number of rotatable bonds is 8. The van der Waals surface area contributed by atoms with E-state index in [-0.39, 0.29) is 17.3 Å². The SMILES string of the molecule is Cc1nc(OCCC(C)(C)O)ccc1-c1cccc2c1CC[C@H]2Oc1ccc(C2CC(=O)NS2)cc1. The zero-order valence-electron chi connectivity index (χ0n) is 20.9. The van der Waals surface area contributed by atoms with Gasteiger partial charge in [0.25, 0.3) is 0 Å². The van der Waals surface area contributed by atoms with Gasteiger partial charge in [0, 0.05) is 30.2 Å². The van der Waals surface area contributed by atoms with Gasteiger partial charge in [0.1, 0.15) is 11.9 Å². The Kier molecular flexibility index (Phi) is 6.95. The number of aromatic nitrogens is 1. The zero-order valence-corrected chi connectivity index (χ0v) is 21.7. The summed E-state index contributed by atoms with van der Waals surface area (Å²) in [5.74, 6) is 1.51. The number of hydrogen-bond donors (Lipinski definition) is 2. The van der Waals surface area contributed by atoms with Crippen molar-refractivity contribution in [1.29, 1.82) is 0 Å². The van der Waals surface area contributed by atoms with E-state index in [4.69, 9.17) is 9.47 Å². The van der Waals surface area contributed by atoms with Crippen LogP contribution in [0.25, 0.3) is 11.1 Å². The molecule has 1 aliphatic carbocycles. The van der Waals surface area contributed by atoms with Crippen LogP contribution in [0.5, 0.6) is 11.6 Å². The summed E-state index contributed by atoms with van der Waals surface area (Å²) in [6.07, 6.45) is 2.95. The topological polar surface area (TPSA) is 80.7 Å². The van der Waals surface area contributed by atoms with E-state index in [1.54, 1.807) is 13.8 Å². The number of hydrogen-bond acceptors (Lipinski definition) is 6. The fourth-order valence-corrected chi connectivity index (χ4v) is 5.68. The van der Waals surface area contributed by atoms with Crippen molar-refractivity contribution in [3.63, 3.8) is 0 Å². The Morgan fingerprint density at radius 2 is 1.92 bits per heavy atom. The first-order valence-electron chi connectivity index (χ1n) is 12.4. The minimum atomic E-state index is -0.757. The summed E-state index contributed by atoms with van der Waals surface area (Å²) in [5.41, 5.74) is 6.13. The molecule has 1 amide bonds. The molecule has 2 heterocycles. The van der Waals surface area contributed by atoms with Gasteiger partial charge in [0.05, 0.1) is 17.5 Å². The lowest BCUT2D eigenvalue weighted by Crippen LogP contribution is -2.22. The molecule has 2 aliphatic rings. The standard InChI is InChI=1S/C29H32N2O4S/c1-18-21(12-14-28(30-18)34-16-15-29(2,3)33)22-5-4-6-24-23(22)11-13-25(24)35-20-9-7-19(8-10-20)26-17-27(32)31-36-26/h4-10,12,14,25-26,33H,11,13,15-17H2,1-3H3,(H,31,32)/t25-,26?/m1/s1. The molecule has 3 aromatic rings. The molecule has 2 aromatic carbocycles. The summed E-state index contributed by atoms with van der Waals surface area (Å²) in [4.78, 5) is 16.2. The van der Waals surface area contributed by atoms with Crippen LogP contribution in [0.15, 0.2) is 54.6 Å². The Morgan fingerprint density at radius 3 is 2.61 bits per heavy atom. The fraction of sp³-hybridized carbons (Fsp3) is 0.379. The first-order chi connectivity index (χ1) is 17.3. The van der Waals surface area contributed by atoms with Crippen LogP contribution in [0.3, 0.4) is 0 Å². The monoisotopic (exact) mass is 504 g/mol. The van der Waals surface area contributed by atoms with Crippen molar-refractivity contribution in [1.82, 2.24) is 9.71 Å². The third kappa shape index (κ3) is 5.52. The number of aliphatic hydroxyl groups is 1. The Labute approximate surface area is 216 Å². The van der Waals surface area contributed by atoms with Gasteiger partial charge in [-0.05, 0) is 86.0 Å². The molecular weight excluding hydrogens is 472 g/mol. The van der Waals surface area contributed by atoms with E-state index in [0.717, 1.165) is 35.4 Å². The number of pyridine rings is 1. The van der Waals surface area contributed by atoms with Crippen LogP contribution in [-0.2, 0) is 11.2 Å². The van der Waals surface area contributed by atoms with Crippen LogP contribution >= 0.6 is 11.9 Å². The smallest absolute Gasteiger partial charge is 0.231 e. The van der Waals surface area contributed by atoms with E-state index in [1.165, 1.54) is 28.6 Å². The second-order valence-corrected chi connectivity index (χ2v) is 11.1. The maximum atomic E-state index is 11.5. The summed E-state index contributed by atoms with van der Waals surface area (Å²) in [5, 5.41) is 10.1. The van der Waals surface area contributed by atoms with Gasteiger partial charge in [-0.25, -0.2) is 4.98 Å². The molecule has 2 N–H and O–H groups in total. The molecule has 188 valence electrons. The lowest BCUT2D eigenvalue weighted by Gasteiger charge is -2.18. The van der Waals surface area contributed by atoms with Crippen molar-refractivity contribution in [2.24, 2.45) is 0 Å². The average molecular weight is 505 g/mol. The number of nitrogens with one attached hydrogen (secondary N) is 1. The average Bonchev–Trinajstić information content (AvgIpc) is 3.45. The highest BCUT2D eigenvalue weighted by Crippen LogP contribution is 2.41. The lowest BCUT2D eigenvalue weighted by atomic mass is 9.96. The fourth-order valence-electron chi connectivity index (χ4n) is 4.80. The van der Waals surface area contributed by atoms with Gasteiger partial charge in [-0.3, -0.25) is 9.52 Å². The predicted octanol–water partition coefficient (Wildman–Crippen LogP) is 5.87. The summed E-state index contributed by atoms with van der Waals surface area (Å²) < 4.78 is 15.0. The van der Waals surface area contributed by atoms with Gasteiger partial charge >= 0.3 is 0 Å². The Hall–Kier alpha value is -3.03. The number of carbonyl (C=O) groups is 1. The quantitative estimate of drug-likeness (QED) is 0.373. The van der Waals surface area contributed by atoms with Crippen LogP contribution in [0.4, 0.5) is 0 Å². The molecular formula is C29H32N2O4S. The largest absolute Gasteiger partial charge is 0.486 e. The van der Waals surface area contributed by atoms with Crippen molar-refractivity contribution in [2.45, 2.75) is 63.4 Å². The summed E-state index contributed by atoms with van der Waals surface area (Å²) in [6.45, 7) is 5.98. The van der Waals surface area contributed by atoms with E-state index in [2.05, 4.69) is 46.1 Å². The highest BCUT2D eigenvalue weighted by Gasteiger charge is 2.28. The van der Waals surface area contributed by atoms with Crippen molar-refractivity contribution >= 4 is 17.9 Å². The van der Waals surface area contributed by atoms with Crippen LogP contribution in [-0.4, -0.2) is 28.2 Å². The molecule has 1 saturated heterocycles. The molecule has 36 heavy (non-hydrogen) atoms. The second kappa shape index (κ2) is 10.1. The van der Waals surface area contributed by atoms with Crippen molar-refractivity contribution in [3.8, 4) is 22.8 Å². The van der Waals surface area contributed by atoms with Crippen LogP contribution in [0.1, 0.15) is 66.8 Å². The van der Waals surface area contributed by atoms with Crippen LogP contribution < -0.4 is 14.2 Å². The van der Waals surface area contributed by atoms with E-state index in [1.807, 2.05) is 25.1 Å². The third-order valence-electron chi connectivity index (χ3n) is 6.75. The van der Waals surface area contributed by atoms with Gasteiger partial charge < -0.3 is 14.6 Å². The van der Waals surface area contributed by atoms with Crippen LogP contribution in [0, 0.1) is 6.92 Å². The number of nitrogens with zero attached hydrogens (tertiary/aromatic N) is 1. The number of amides is 1. The number of aryl methyl sites for hydroxylation is 1. The molecule has 0 bridgehead atoms. The Morgan fingerprint density at radius 1 is 1.11 bits per heavy atom. The molecule has 1 aromatic heterocycles. The van der Waals surface area contributed by atoms with Crippen LogP contribution in [0.2, 0.25) is 0 Å². The van der Waals surface area contributed by atoms with E-state index in [0.29, 0.717) is 25.3 Å². The normalized spacial score (nSPS) is 19.2. The van der Waals surface area contributed by atoms with Gasteiger partial charge in [-0.15, -0.1) is 0 Å². The molecule has 6 nitrogen and oxygen atoms in total. The lowest BCUT2D eigenvalue weighted by molar-refractivity contribution is -0.118. The Balaban J connectivity index is 1.29. The molecule has 1 unspecified atom stereocenters. The molecule has 0 spiro atoms. The number of fused-ring (bicyclic) bond motifs is 1. The molecule has 1 fully saturated rings. The zero-order chi connectivity index (χ0) is 25.3. The third-order valence-corrected chi connectivity index (χ3v) is 7.81. The predicted molar refractivity (Wildman–Crippen MR) is 142 cm³/mol. The summed E-state index contributed by atoms with van der Waals surface area (Å²) in [7, 11) is 0. The second-order valence-electron chi connectivity index (χ2n) is 10.1. The van der Waals surface area contributed by atoms with E-state index < -0.39 is 5.60 Å². The molecule has 7 heteroatoms. The molecule has 5 rings (SSSR count). The van der Waals surface area contributed by atoms with Crippen molar-refractivity contribution in [3.05, 3.63) is 77.0 Å². The Bertz CT molecular complexity index is 1250. The summed E-state index contributed by atoms with van der Waals surface area (Å²) in [6, 6.07) is 18.5. The van der Waals surface area contributed by atoms with Gasteiger partial charge in [-0.1, -0.05) is 30.3 Å². The highest BCUT2D eigenvalue weighted by molar-refractivity contribution is 7.98.